The van der Waals surface area contributed by atoms with E-state index < -0.39 is 12.6 Å². The summed E-state index contributed by atoms with van der Waals surface area (Å²) >= 11 is 0. The van der Waals surface area contributed by atoms with Gasteiger partial charge in [0, 0.05) is 0 Å². The zero-order valence-electron chi connectivity index (χ0n) is 14.6. The molecule has 5 heteroatoms. The lowest BCUT2D eigenvalue weighted by molar-refractivity contribution is -0.142. The maximum absolute atomic E-state index is 10.4. The van der Waals surface area contributed by atoms with Crippen molar-refractivity contribution in [1.82, 2.24) is 0 Å². The van der Waals surface area contributed by atoms with E-state index in [2.05, 4.69) is 9.99 Å². The molecule has 0 heterocycles. The number of rotatable bonds is 8. The van der Waals surface area contributed by atoms with Crippen molar-refractivity contribution in [2.24, 2.45) is 5.16 Å². The van der Waals surface area contributed by atoms with Crippen molar-refractivity contribution in [3.63, 3.8) is 0 Å². The fourth-order valence-electron chi connectivity index (χ4n) is 2.50. The summed E-state index contributed by atoms with van der Waals surface area (Å²) in [6.45, 7) is 0.0505. The normalized spacial score (nSPS) is 10.7. The topological polar surface area (TPSA) is 68.1 Å². The zero-order valence-corrected chi connectivity index (χ0v) is 14.6. The van der Waals surface area contributed by atoms with Crippen LogP contribution in [0.25, 0.3) is 11.1 Å². The van der Waals surface area contributed by atoms with Crippen molar-refractivity contribution >= 4 is 12.2 Å². The van der Waals surface area contributed by atoms with Gasteiger partial charge in [0.2, 0.25) is 6.61 Å². The predicted octanol–water partition coefficient (Wildman–Crippen LogP) is 4.37. The van der Waals surface area contributed by atoms with Gasteiger partial charge in [-0.25, -0.2) is 4.79 Å². The summed E-state index contributed by atoms with van der Waals surface area (Å²) in [6.07, 6.45) is 1.49. The molecule has 0 saturated carbocycles. The van der Waals surface area contributed by atoms with Crippen LogP contribution in [0.1, 0.15) is 11.1 Å². The largest absolute Gasteiger partial charge is 0.489 e. The number of carboxylic acids is 1. The number of oxime groups is 1. The number of hydrogen-bond donors (Lipinski definition) is 1. The van der Waals surface area contributed by atoms with Gasteiger partial charge in [0.15, 0.2) is 0 Å². The first-order chi connectivity index (χ1) is 13.2. The van der Waals surface area contributed by atoms with E-state index in [9.17, 15) is 4.79 Å². The smallest absolute Gasteiger partial charge is 0.344 e. The SMILES string of the molecule is O=C(O)CO/N=C/c1cccc(-c2cccc(OCc3ccccc3)c2)c1. The van der Waals surface area contributed by atoms with Gasteiger partial charge < -0.3 is 14.7 Å². The quantitative estimate of drug-likeness (QED) is 0.478. The molecule has 3 aromatic carbocycles. The minimum atomic E-state index is -1.06. The summed E-state index contributed by atoms with van der Waals surface area (Å²) in [5, 5.41) is 12.2. The Bertz CT molecular complexity index is 922. The molecule has 27 heavy (non-hydrogen) atoms. The lowest BCUT2D eigenvalue weighted by Gasteiger charge is -2.09. The molecule has 0 aromatic heterocycles. The molecule has 0 radical (unpaired) electrons. The second-order valence-corrected chi connectivity index (χ2v) is 5.83. The first-order valence-electron chi connectivity index (χ1n) is 8.45. The number of benzene rings is 3. The summed E-state index contributed by atoms with van der Waals surface area (Å²) in [7, 11) is 0. The summed E-state index contributed by atoms with van der Waals surface area (Å²) in [4.78, 5) is 15.1. The number of nitrogens with zero attached hydrogens (tertiary/aromatic N) is 1. The van der Waals surface area contributed by atoms with Crippen molar-refractivity contribution in [2.45, 2.75) is 6.61 Å². The van der Waals surface area contributed by atoms with Gasteiger partial charge in [0.1, 0.15) is 12.4 Å². The lowest BCUT2D eigenvalue weighted by Crippen LogP contribution is -2.03. The van der Waals surface area contributed by atoms with Crippen LogP contribution in [0, 0.1) is 0 Å². The molecular weight excluding hydrogens is 342 g/mol. The molecule has 0 unspecified atom stereocenters. The van der Waals surface area contributed by atoms with Crippen LogP contribution >= 0.6 is 0 Å². The highest BCUT2D eigenvalue weighted by molar-refractivity contribution is 5.82. The van der Waals surface area contributed by atoms with Crippen LogP contribution in [-0.2, 0) is 16.2 Å². The van der Waals surface area contributed by atoms with Crippen LogP contribution in [0.5, 0.6) is 5.75 Å². The van der Waals surface area contributed by atoms with Crippen molar-refractivity contribution in [1.29, 1.82) is 0 Å². The number of ether oxygens (including phenoxy) is 1. The molecule has 3 rings (SSSR count). The zero-order chi connectivity index (χ0) is 18.9. The van der Waals surface area contributed by atoms with Crippen LogP contribution in [0.3, 0.4) is 0 Å². The molecule has 0 spiro atoms. The van der Waals surface area contributed by atoms with Crippen LogP contribution in [-0.4, -0.2) is 23.9 Å². The third kappa shape index (κ3) is 5.71. The van der Waals surface area contributed by atoms with Gasteiger partial charge in [-0.05, 0) is 40.5 Å². The van der Waals surface area contributed by atoms with Gasteiger partial charge in [-0.15, -0.1) is 0 Å². The van der Waals surface area contributed by atoms with E-state index in [-0.39, 0.29) is 0 Å². The molecule has 0 fully saturated rings. The predicted molar refractivity (Wildman–Crippen MR) is 104 cm³/mol. The van der Waals surface area contributed by atoms with Gasteiger partial charge in [0.25, 0.3) is 0 Å². The molecule has 3 aromatic rings. The Morgan fingerprint density at radius 2 is 1.67 bits per heavy atom. The van der Waals surface area contributed by atoms with Crippen LogP contribution < -0.4 is 4.74 Å². The van der Waals surface area contributed by atoms with Gasteiger partial charge >= 0.3 is 5.97 Å². The molecule has 0 aliphatic carbocycles. The molecule has 0 atom stereocenters. The number of carboxylic acid groups (broad SMARTS) is 1. The van der Waals surface area contributed by atoms with E-state index in [0.717, 1.165) is 28.0 Å². The van der Waals surface area contributed by atoms with E-state index in [1.165, 1.54) is 6.21 Å². The van der Waals surface area contributed by atoms with Gasteiger partial charge in [-0.1, -0.05) is 65.8 Å². The van der Waals surface area contributed by atoms with Crippen molar-refractivity contribution in [3.05, 3.63) is 90.0 Å². The molecule has 1 N–H and O–H groups in total. The van der Waals surface area contributed by atoms with E-state index >= 15 is 0 Å². The minimum Gasteiger partial charge on any atom is -0.489 e. The Hall–Kier alpha value is -3.60. The Balaban J connectivity index is 1.69. The van der Waals surface area contributed by atoms with Crippen molar-refractivity contribution in [3.8, 4) is 16.9 Å². The van der Waals surface area contributed by atoms with E-state index in [0.29, 0.717) is 6.61 Å². The fraction of sp³-hybridized carbons (Fsp3) is 0.0909. The second-order valence-electron chi connectivity index (χ2n) is 5.83. The Morgan fingerprint density at radius 1 is 0.926 bits per heavy atom. The molecule has 0 bridgehead atoms. The molecule has 0 amide bonds. The maximum Gasteiger partial charge on any atom is 0.344 e. The number of hydrogen-bond acceptors (Lipinski definition) is 4. The van der Waals surface area contributed by atoms with Crippen LogP contribution in [0.4, 0.5) is 0 Å². The average Bonchev–Trinajstić information content (AvgIpc) is 2.71. The van der Waals surface area contributed by atoms with Gasteiger partial charge in [-0.2, -0.15) is 0 Å². The van der Waals surface area contributed by atoms with Crippen LogP contribution in [0.2, 0.25) is 0 Å². The Labute approximate surface area is 157 Å². The first-order valence-corrected chi connectivity index (χ1v) is 8.45. The molecule has 0 aliphatic rings. The first kappa shape index (κ1) is 18.2. The monoisotopic (exact) mass is 361 g/mol. The van der Waals surface area contributed by atoms with Crippen molar-refractivity contribution < 1.29 is 19.5 Å². The van der Waals surface area contributed by atoms with Crippen LogP contribution in [0.15, 0.2) is 84.0 Å². The van der Waals surface area contributed by atoms with Gasteiger partial charge in [0.05, 0.1) is 6.21 Å². The van der Waals surface area contributed by atoms with Gasteiger partial charge in [-0.3, -0.25) is 0 Å². The fourth-order valence-corrected chi connectivity index (χ4v) is 2.50. The summed E-state index contributed by atoms with van der Waals surface area (Å²) < 4.78 is 5.88. The van der Waals surface area contributed by atoms with Crippen molar-refractivity contribution in [2.75, 3.05) is 6.61 Å². The molecule has 0 saturated heterocycles. The highest BCUT2D eigenvalue weighted by atomic mass is 16.6. The maximum atomic E-state index is 10.4. The lowest BCUT2D eigenvalue weighted by atomic mass is 10.0. The minimum absolute atomic E-state index is 0.461. The third-order valence-electron chi connectivity index (χ3n) is 3.77. The summed E-state index contributed by atoms with van der Waals surface area (Å²) in [5.74, 6) is -0.270. The molecule has 136 valence electrons. The third-order valence-corrected chi connectivity index (χ3v) is 3.77. The Kier molecular flexibility index (Phi) is 6.20. The highest BCUT2D eigenvalue weighted by Gasteiger charge is 2.02. The number of aliphatic carboxylic acids is 1. The Morgan fingerprint density at radius 3 is 2.44 bits per heavy atom. The van der Waals surface area contributed by atoms with E-state index in [4.69, 9.17) is 9.84 Å². The second kappa shape index (κ2) is 9.20. The number of carbonyl (C=O) groups is 1. The summed E-state index contributed by atoms with van der Waals surface area (Å²) in [6, 6.07) is 25.6. The highest BCUT2D eigenvalue weighted by Crippen LogP contribution is 2.25. The van der Waals surface area contributed by atoms with E-state index in [1.54, 1.807) is 0 Å². The molecule has 0 aliphatic heterocycles. The molecular formula is C22H19NO4. The van der Waals surface area contributed by atoms with E-state index in [1.807, 2.05) is 78.9 Å². The average molecular weight is 361 g/mol. The molecule has 5 nitrogen and oxygen atoms in total. The summed E-state index contributed by atoms with van der Waals surface area (Å²) in [5.41, 5.74) is 3.94. The standard InChI is InChI=1S/C22H19NO4/c24-22(25)16-27-23-14-18-8-4-9-19(12-18)20-10-5-11-21(13-20)26-15-17-6-2-1-3-7-17/h1-14H,15-16H2,(H,24,25)/b23-14+.